The van der Waals surface area contributed by atoms with Gasteiger partial charge in [-0.05, 0) is 49.1 Å². The number of amides is 3. The summed E-state index contributed by atoms with van der Waals surface area (Å²) < 4.78 is 9.97. The summed E-state index contributed by atoms with van der Waals surface area (Å²) in [5.41, 5.74) is 2.76. The molecule has 0 fully saturated rings. The Morgan fingerprint density at radius 1 is 0.886 bits per heavy atom. The van der Waals surface area contributed by atoms with Gasteiger partial charge in [0.1, 0.15) is 18.3 Å². The van der Waals surface area contributed by atoms with Gasteiger partial charge in [-0.2, -0.15) is 0 Å². The molecule has 0 aliphatic carbocycles. The van der Waals surface area contributed by atoms with Crippen LogP contribution in [0.3, 0.4) is 0 Å². The van der Waals surface area contributed by atoms with Crippen LogP contribution in [0.2, 0.25) is 5.02 Å². The zero-order valence-corrected chi connectivity index (χ0v) is 24.9. The van der Waals surface area contributed by atoms with Gasteiger partial charge in [-0.25, -0.2) is 9.78 Å². The summed E-state index contributed by atoms with van der Waals surface area (Å²) in [6.45, 7) is 0.214. The number of nitrogens with one attached hydrogen (secondary N) is 3. The molecule has 10 nitrogen and oxygen atoms in total. The Hall–Kier alpha value is -4.96. The minimum absolute atomic E-state index is 0.0146. The van der Waals surface area contributed by atoms with Crippen LogP contribution >= 0.6 is 11.6 Å². The third-order valence-electron chi connectivity index (χ3n) is 6.81. The van der Waals surface area contributed by atoms with Gasteiger partial charge in [-0.15, -0.1) is 0 Å². The lowest BCUT2D eigenvalue weighted by Gasteiger charge is -2.20. The maximum Gasteiger partial charge on any atom is 0.407 e. The van der Waals surface area contributed by atoms with Gasteiger partial charge in [-0.3, -0.25) is 14.4 Å². The van der Waals surface area contributed by atoms with E-state index in [-0.39, 0.29) is 37.7 Å². The molecular formula is C33H33ClN4O6. The lowest BCUT2D eigenvalue weighted by atomic mass is 10.1. The van der Waals surface area contributed by atoms with Crippen molar-refractivity contribution in [2.45, 2.75) is 38.3 Å². The highest BCUT2D eigenvalue weighted by molar-refractivity contribution is 6.31. The van der Waals surface area contributed by atoms with Gasteiger partial charge in [-0.1, -0.05) is 72.3 Å². The standard InChI is InChI=1S/C33H33ClN4O6/c1-43-30(39)19-17-23-10-4-7-14-27(23)37-31(40)28(38-32(41)29-18-16-22-9-3-6-13-26(22)36-29)15-8-20-35-33(42)44-21-24-11-2-5-12-25(24)34/h2-7,9-14,16,18,28H,8,15,17,19-21H2,1H3,(H,35,42)(H,37,40)(H,38,41)/t28-/m0/s1. The summed E-state index contributed by atoms with van der Waals surface area (Å²) >= 11 is 6.11. The molecule has 0 saturated heterocycles. The zero-order chi connectivity index (χ0) is 31.3. The molecule has 0 unspecified atom stereocenters. The van der Waals surface area contributed by atoms with Crippen LogP contribution in [0.15, 0.2) is 84.9 Å². The van der Waals surface area contributed by atoms with Crippen molar-refractivity contribution in [1.29, 1.82) is 0 Å². The van der Waals surface area contributed by atoms with Gasteiger partial charge in [0.25, 0.3) is 5.91 Å². The molecule has 3 N–H and O–H groups in total. The minimum atomic E-state index is -0.953. The van der Waals surface area contributed by atoms with Crippen LogP contribution in [-0.2, 0) is 32.1 Å². The first-order valence-corrected chi connectivity index (χ1v) is 14.5. The van der Waals surface area contributed by atoms with Crippen molar-refractivity contribution in [2.24, 2.45) is 0 Å². The number of hydrogen-bond acceptors (Lipinski definition) is 7. The second-order valence-electron chi connectivity index (χ2n) is 9.87. The highest BCUT2D eigenvalue weighted by Crippen LogP contribution is 2.19. The maximum atomic E-state index is 13.5. The van der Waals surface area contributed by atoms with E-state index in [0.717, 1.165) is 10.9 Å². The van der Waals surface area contributed by atoms with E-state index in [1.165, 1.54) is 7.11 Å². The quantitative estimate of drug-likeness (QED) is 0.134. The van der Waals surface area contributed by atoms with Crippen LogP contribution in [0.1, 0.15) is 40.9 Å². The van der Waals surface area contributed by atoms with Crippen molar-refractivity contribution in [1.82, 2.24) is 15.6 Å². The van der Waals surface area contributed by atoms with Crippen LogP contribution in [-0.4, -0.2) is 48.6 Å². The number of anilines is 1. The van der Waals surface area contributed by atoms with Crippen LogP contribution in [0.5, 0.6) is 0 Å². The highest BCUT2D eigenvalue weighted by Gasteiger charge is 2.23. The first-order chi connectivity index (χ1) is 21.3. The second kappa shape index (κ2) is 16.0. The van der Waals surface area contributed by atoms with Gasteiger partial charge >= 0.3 is 12.1 Å². The fraction of sp³-hybridized carbons (Fsp3) is 0.242. The molecule has 44 heavy (non-hydrogen) atoms. The number of halogens is 1. The predicted molar refractivity (Wildman–Crippen MR) is 167 cm³/mol. The number of carbonyl (C=O) groups is 4. The molecular weight excluding hydrogens is 584 g/mol. The maximum absolute atomic E-state index is 13.5. The number of methoxy groups -OCH3 is 1. The lowest BCUT2D eigenvalue weighted by Crippen LogP contribution is -2.44. The molecule has 0 aliphatic heterocycles. The van der Waals surface area contributed by atoms with Gasteiger partial charge in [0.2, 0.25) is 5.91 Å². The van der Waals surface area contributed by atoms with E-state index in [1.807, 2.05) is 30.3 Å². The highest BCUT2D eigenvalue weighted by atomic mass is 35.5. The molecule has 0 saturated carbocycles. The Morgan fingerprint density at radius 2 is 1.61 bits per heavy atom. The van der Waals surface area contributed by atoms with Gasteiger partial charge in [0.15, 0.2) is 0 Å². The summed E-state index contributed by atoms with van der Waals surface area (Å²) in [5, 5.41) is 9.71. The molecule has 3 amide bonds. The number of aryl methyl sites for hydroxylation is 1. The summed E-state index contributed by atoms with van der Waals surface area (Å²) in [5.74, 6) is -1.33. The molecule has 4 rings (SSSR count). The molecule has 1 aromatic heterocycles. The normalized spacial score (nSPS) is 11.3. The largest absolute Gasteiger partial charge is 0.469 e. The molecule has 228 valence electrons. The smallest absolute Gasteiger partial charge is 0.407 e. The van der Waals surface area contributed by atoms with Crippen molar-refractivity contribution in [3.63, 3.8) is 0 Å². The number of fused-ring (bicyclic) bond motifs is 1. The number of ether oxygens (including phenoxy) is 2. The molecule has 4 aromatic rings. The first-order valence-electron chi connectivity index (χ1n) is 14.1. The predicted octanol–water partition coefficient (Wildman–Crippen LogP) is 5.44. The summed E-state index contributed by atoms with van der Waals surface area (Å²) in [4.78, 5) is 55.0. The first kappa shape index (κ1) is 32.0. The van der Waals surface area contributed by atoms with E-state index in [1.54, 1.807) is 54.6 Å². The molecule has 1 atom stereocenters. The molecule has 11 heteroatoms. The van der Waals surface area contributed by atoms with Crippen molar-refractivity contribution < 1.29 is 28.7 Å². The number of para-hydroxylation sites is 2. The van der Waals surface area contributed by atoms with E-state index in [0.29, 0.717) is 34.6 Å². The van der Waals surface area contributed by atoms with Crippen molar-refractivity contribution in [3.8, 4) is 0 Å². The fourth-order valence-corrected chi connectivity index (χ4v) is 4.61. The number of nitrogens with zero attached hydrogens (tertiary/aromatic N) is 1. The molecule has 1 heterocycles. The third kappa shape index (κ3) is 9.27. The average molecular weight is 617 g/mol. The fourth-order valence-electron chi connectivity index (χ4n) is 4.42. The van der Waals surface area contributed by atoms with E-state index >= 15 is 0 Å². The van der Waals surface area contributed by atoms with Gasteiger partial charge in [0, 0.05) is 34.6 Å². The SMILES string of the molecule is COC(=O)CCc1ccccc1NC(=O)[C@H](CCCNC(=O)OCc1ccccc1Cl)NC(=O)c1ccc2ccccc2n1. The molecule has 0 radical (unpaired) electrons. The summed E-state index contributed by atoms with van der Waals surface area (Å²) in [7, 11) is 1.32. The number of hydrogen-bond donors (Lipinski definition) is 3. The number of pyridine rings is 1. The van der Waals surface area contributed by atoms with Crippen LogP contribution < -0.4 is 16.0 Å². The monoisotopic (exact) mass is 616 g/mol. The Bertz CT molecular complexity index is 1630. The molecule has 0 bridgehead atoms. The Labute approximate surface area is 260 Å². The Morgan fingerprint density at radius 3 is 2.41 bits per heavy atom. The van der Waals surface area contributed by atoms with Gasteiger partial charge in [0.05, 0.1) is 12.6 Å². The topological polar surface area (TPSA) is 136 Å². The van der Waals surface area contributed by atoms with E-state index in [4.69, 9.17) is 21.1 Å². The number of rotatable bonds is 13. The number of carbonyl (C=O) groups excluding carboxylic acids is 4. The van der Waals surface area contributed by atoms with E-state index in [2.05, 4.69) is 20.9 Å². The van der Waals surface area contributed by atoms with Gasteiger partial charge < -0.3 is 25.4 Å². The van der Waals surface area contributed by atoms with Crippen LogP contribution in [0.4, 0.5) is 10.5 Å². The molecule has 3 aromatic carbocycles. The molecule has 0 aliphatic rings. The number of aromatic nitrogens is 1. The second-order valence-corrected chi connectivity index (χ2v) is 10.3. The van der Waals surface area contributed by atoms with Crippen LogP contribution in [0, 0.1) is 0 Å². The average Bonchev–Trinajstić information content (AvgIpc) is 3.04. The van der Waals surface area contributed by atoms with Crippen molar-refractivity contribution >= 4 is 52.1 Å². The Kier molecular flexibility index (Phi) is 11.7. The third-order valence-corrected chi connectivity index (χ3v) is 7.18. The number of alkyl carbamates (subject to hydrolysis) is 1. The molecule has 0 spiro atoms. The lowest BCUT2D eigenvalue weighted by molar-refractivity contribution is -0.140. The van der Waals surface area contributed by atoms with Crippen molar-refractivity contribution in [2.75, 3.05) is 19.0 Å². The Balaban J connectivity index is 1.40. The van der Waals surface area contributed by atoms with Crippen LogP contribution in [0.25, 0.3) is 10.9 Å². The van der Waals surface area contributed by atoms with E-state index in [9.17, 15) is 19.2 Å². The zero-order valence-electron chi connectivity index (χ0n) is 24.2. The minimum Gasteiger partial charge on any atom is -0.469 e. The summed E-state index contributed by atoms with van der Waals surface area (Å²) in [6.07, 6.45) is 0.445. The van der Waals surface area contributed by atoms with E-state index < -0.39 is 23.9 Å². The van der Waals surface area contributed by atoms with Crippen molar-refractivity contribution in [3.05, 3.63) is 107 Å². The number of esters is 1. The summed E-state index contributed by atoms with van der Waals surface area (Å²) in [6, 6.07) is 24.0. The number of benzene rings is 3.